The molecule has 0 aliphatic carbocycles. The van der Waals surface area contributed by atoms with Crippen molar-refractivity contribution in [2.45, 2.75) is 13.8 Å². The zero-order valence-electron chi connectivity index (χ0n) is 8.54. The minimum atomic E-state index is 0.718. The third-order valence-corrected chi connectivity index (χ3v) is 2.35. The number of nitrogens with one attached hydrogen (secondary N) is 1. The summed E-state index contributed by atoms with van der Waals surface area (Å²) in [6.45, 7) is 5.74. The van der Waals surface area contributed by atoms with Crippen LogP contribution in [-0.4, -0.2) is 17.2 Å². The molecular formula is C11H15NOW. The van der Waals surface area contributed by atoms with E-state index in [9.17, 15) is 0 Å². The molecule has 0 spiro atoms. The van der Waals surface area contributed by atoms with Gasteiger partial charge in [-0.15, -0.1) is 0 Å². The molecule has 0 saturated carbocycles. The van der Waals surface area contributed by atoms with Gasteiger partial charge in [-0.3, -0.25) is 0 Å². The fourth-order valence-electron chi connectivity index (χ4n) is 1.11. The molecule has 2 nitrogen and oxygen atoms in total. The normalized spacial score (nSPS) is 9.86. The molecule has 0 aliphatic heterocycles. The summed E-state index contributed by atoms with van der Waals surface area (Å²) in [5, 5.41) is 3.26. The molecule has 3 heteroatoms. The molecule has 0 fully saturated rings. The van der Waals surface area contributed by atoms with Crippen molar-refractivity contribution in [1.82, 2.24) is 5.32 Å². The average Bonchev–Trinajstić information content (AvgIpc) is 2.15. The van der Waals surface area contributed by atoms with Crippen molar-refractivity contribution in [3.05, 3.63) is 29.8 Å². The second-order valence-electron chi connectivity index (χ2n) is 3.10. The van der Waals surface area contributed by atoms with Gasteiger partial charge in [-0.25, -0.2) is 0 Å². The molecule has 0 aromatic heterocycles. The first-order chi connectivity index (χ1) is 6.70. The number of benzene rings is 1. The monoisotopic (exact) mass is 361 g/mol. The Hall–Kier alpha value is -0.462. The number of rotatable bonds is 5. The van der Waals surface area contributed by atoms with E-state index >= 15 is 0 Å². The van der Waals surface area contributed by atoms with Crippen molar-refractivity contribution in [1.29, 1.82) is 0 Å². The van der Waals surface area contributed by atoms with Gasteiger partial charge >= 0.3 is 96.0 Å². The van der Waals surface area contributed by atoms with Crippen LogP contribution in [0.25, 0.3) is 0 Å². The van der Waals surface area contributed by atoms with Crippen LogP contribution in [0, 0.1) is 6.92 Å². The van der Waals surface area contributed by atoms with Crippen LogP contribution in [0.2, 0.25) is 0 Å². The molecule has 1 N–H and O–H groups in total. The standard InChI is InChI=1S/C11H15NO.W/c1-3-12-8-9-13-11-7-5-4-6-10(11)2;/h4-7,12H,8-9H2,1-2H3;. The van der Waals surface area contributed by atoms with Gasteiger partial charge < -0.3 is 0 Å². The molecule has 1 rings (SSSR count). The van der Waals surface area contributed by atoms with Gasteiger partial charge in [0.05, 0.1) is 0 Å². The molecular weight excluding hydrogens is 346 g/mol. The molecule has 0 amide bonds. The number of ether oxygens (including phenoxy) is 1. The van der Waals surface area contributed by atoms with Crippen LogP contribution < -0.4 is 10.1 Å². The van der Waals surface area contributed by atoms with Crippen LogP contribution >= 0.6 is 0 Å². The zero-order chi connectivity index (χ0) is 10.4. The number of hydrogen-bond donors (Lipinski definition) is 1. The number of para-hydroxylation sites is 1. The summed E-state index contributed by atoms with van der Waals surface area (Å²) in [6.07, 6.45) is 0. The topological polar surface area (TPSA) is 21.3 Å². The molecule has 0 saturated heterocycles. The van der Waals surface area contributed by atoms with Crippen LogP contribution in [0.3, 0.4) is 0 Å². The van der Waals surface area contributed by atoms with Gasteiger partial charge in [0, 0.05) is 0 Å². The first-order valence-electron chi connectivity index (χ1n) is 4.63. The molecule has 1 aromatic rings. The number of aryl methyl sites for hydroxylation is 1. The minimum absolute atomic E-state index is 0.718. The summed E-state index contributed by atoms with van der Waals surface area (Å²) in [4.78, 5) is 0. The fraction of sp³-hybridized carbons (Fsp3) is 0.364. The Bertz CT molecular complexity index is 312. The van der Waals surface area contributed by atoms with Gasteiger partial charge in [-0.2, -0.15) is 0 Å². The molecule has 76 valence electrons. The summed E-state index contributed by atoms with van der Waals surface area (Å²) >= 11 is 1.48. The summed E-state index contributed by atoms with van der Waals surface area (Å²) in [5.41, 5.74) is 1.19. The molecule has 1 aromatic carbocycles. The first kappa shape index (κ1) is 11.6. The molecule has 0 unspecified atom stereocenters. The van der Waals surface area contributed by atoms with E-state index in [1.54, 1.807) is 0 Å². The van der Waals surface area contributed by atoms with E-state index in [0.29, 0.717) is 0 Å². The van der Waals surface area contributed by atoms with Crippen molar-refractivity contribution in [3.63, 3.8) is 0 Å². The van der Waals surface area contributed by atoms with E-state index in [1.165, 1.54) is 28.9 Å². The fourth-order valence-corrected chi connectivity index (χ4v) is 1.47. The Morgan fingerprint density at radius 2 is 2.14 bits per heavy atom. The summed E-state index contributed by atoms with van der Waals surface area (Å²) in [5.74, 6) is 0.982. The Labute approximate surface area is 96.1 Å². The quantitative estimate of drug-likeness (QED) is 0.806. The van der Waals surface area contributed by atoms with E-state index in [2.05, 4.69) is 25.2 Å². The number of hydrogen-bond acceptors (Lipinski definition) is 2. The van der Waals surface area contributed by atoms with E-state index in [4.69, 9.17) is 4.74 Å². The Morgan fingerprint density at radius 3 is 2.79 bits per heavy atom. The van der Waals surface area contributed by atoms with E-state index < -0.39 is 0 Å². The Balaban J connectivity index is 2.31. The maximum absolute atomic E-state index is 5.62. The van der Waals surface area contributed by atoms with Crippen LogP contribution in [-0.2, 0) is 19.4 Å². The molecule has 0 heterocycles. The predicted octanol–water partition coefficient (Wildman–Crippen LogP) is 1.66. The van der Waals surface area contributed by atoms with Crippen LogP contribution in [0.1, 0.15) is 12.5 Å². The Kier molecular flexibility index (Phi) is 5.06. The van der Waals surface area contributed by atoms with E-state index in [-0.39, 0.29) is 0 Å². The SMILES string of the molecule is C[C](=[W])NCCOc1ccccc1C. The van der Waals surface area contributed by atoms with Gasteiger partial charge in [0.2, 0.25) is 0 Å². The summed E-state index contributed by atoms with van der Waals surface area (Å²) in [6, 6.07) is 8.08. The maximum atomic E-state index is 5.62. The third-order valence-electron chi connectivity index (χ3n) is 1.83. The predicted molar refractivity (Wildman–Crippen MR) is 55.4 cm³/mol. The second-order valence-corrected chi connectivity index (χ2v) is 5.30. The van der Waals surface area contributed by atoms with E-state index in [1.807, 2.05) is 18.2 Å². The molecule has 14 heavy (non-hydrogen) atoms. The van der Waals surface area contributed by atoms with Gasteiger partial charge in [0.1, 0.15) is 0 Å². The molecule has 0 bridgehead atoms. The average molecular weight is 361 g/mol. The van der Waals surface area contributed by atoms with Crippen LogP contribution in [0.5, 0.6) is 5.75 Å². The van der Waals surface area contributed by atoms with Crippen molar-refractivity contribution < 1.29 is 24.1 Å². The van der Waals surface area contributed by atoms with Crippen LogP contribution in [0.4, 0.5) is 0 Å². The molecule has 0 radical (unpaired) electrons. The van der Waals surface area contributed by atoms with Crippen molar-refractivity contribution in [3.8, 4) is 5.75 Å². The summed E-state index contributed by atoms with van der Waals surface area (Å²) < 4.78 is 6.92. The molecule has 0 aliphatic rings. The summed E-state index contributed by atoms with van der Waals surface area (Å²) in [7, 11) is 0. The van der Waals surface area contributed by atoms with Gasteiger partial charge in [-0.05, 0) is 0 Å². The first-order valence-corrected chi connectivity index (χ1v) is 6.09. The Morgan fingerprint density at radius 1 is 1.43 bits per heavy atom. The van der Waals surface area contributed by atoms with Gasteiger partial charge in [0.25, 0.3) is 0 Å². The van der Waals surface area contributed by atoms with Crippen LogP contribution in [0.15, 0.2) is 24.3 Å². The van der Waals surface area contributed by atoms with E-state index in [0.717, 1.165) is 18.9 Å². The second kappa shape index (κ2) is 6.10. The van der Waals surface area contributed by atoms with Crippen molar-refractivity contribution >= 4 is 4.02 Å². The third kappa shape index (κ3) is 4.17. The van der Waals surface area contributed by atoms with Crippen molar-refractivity contribution in [2.75, 3.05) is 13.2 Å². The van der Waals surface area contributed by atoms with Gasteiger partial charge in [-0.1, -0.05) is 0 Å². The van der Waals surface area contributed by atoms with Crippen molar-refractivity contribution in [2.24, 2.45) is 0 Å². The van der Waals surface area contributed by atoms with Gasteiger partial charge in [0.15, 0.2) is 0 Å². The zero-order valence-corrected chi connectivity index (χ0v) is 11.5. The molecule has 0 atom stereocenters.